The minimum absolute atomic E-state index is 0. The van der Waals surface area contributed by atoms with Crippen molar-refractivity contribution in [2.75, 3.05) is 5.32 Å². The first-order valence-corrected chi connectivity index (χ1v) is 8.66. The second-order valence-corrected chi connectivity index (χ2v) is 6.29. The molecule has 0 radical (unpaired) electrons. The van der Waals surface area contributed by atoms with E-state index in [2.05, 4.69) is 29.4 Å². The molecule has 0 aromatic heterocycles. The maximum atomic E-state index is 10.2. The number of aliphatic imine (C=N–C) groups is 1. The van der Waals surface area contributed by atoms with Crippen molar-refractivity contribution in [1.29, 1.82) is 0 Å². The Balaban J connectivity index is 0.00000225. The Morgan fingerprint density at radius 3 is 2.80 bits per heavy atom. The van der Waals surface area contributed by atoms with Crippen molar-refractivity contribution < 1.29 is 5.11 Å². The fourth-order valence-electron chi connectivity index (χ4n) is 3.29. The number of nitrogens with one attached hydrogen (secondary N) is 1. The van der Waals surface area contributed by atoms with Gasteiger partial charge in [0.15, 0.2) is 5.96 Å². The Bertz CT molecular complexity index is 759. The van der Waals surface area contributed by atoms with E-state index in [1.807, 2.05) is 18.2 Å². The van der Waals surface area contributed by atoms with Gasteiger partial charge in [0.2, 0.25) is 0 Å². The number of hydrogen-bond acceptors (Lipinski definition) is 2. The lowest BCUT2D eigenvalue weighted by atomic mass is 9.88. The second-order valence-electron chi connectivity index (χ2n) is 6.29. The first kappa shape index (κ1) is 19.6. The molecule has 3 rings (SSSR count). The van der Waals surface area contributed by atoms with E-state index in [0.29, 0.717) is 18.3 Å². The van der Waals surface area contributed by atoms with Gasteiger partial charge in [-0.05, 0) is 67.0 Å². The van der Waals surface area contributed by atoms with Gasteiger partial charge in [-0.3, -0.25) is 0 Å². The molecule has 1 aliphatic rings. The Kier molecular flexibility index (Phi) is 7.11. The molecule has 0 fully saturated rings. The van der Waals surface area contributed by atoms with E-state index in [9.17, 15) is 5.11 Å². The standard InChI is InChI=1S/C20H25N3O.HI/c1-2-14-6-5-8-16(12-14)23-20(21)22-13-18-17-9-4-3-7-15(17)10-11-19(18)24;/h5-6,8,10-12,24H,2-4,7,9,13H2,1H3,(H3,21,22,23);1H. The number of fused-ring (bicyclic) bond motifs is 1. The monoisotopic (exact) mass is 451 g/mol. The summed E-state index contributed by atoms with van der Waals surface area (Å²) in [6.07, 6.45) is 5.48. The predicted octanol–water partition coefficient (Wildman–Crippen LogP) is 4.38. The number of phenolic OH excluding ortho intramolecular Hbond substituents is 1. The highest BCUT2D eigenvalue weighted by Crippen LogP contribution is 2.31. The van der Waals surface area contributed by atoms with Gasteiger partial charge >= 0.3 is 0 Å². The minimum Gasteiger partial charge on any atom is -0.508 e. The van der Waals surface area contributed by atoms with Gasteiger partial charge in [0.05, 0.1) is 6.54 Å². The average molecular weight is 451 g/mol. The first-order chi connectivity index (χ1) is 11.7. The van der Waals surface area contributed by atoms with Crippen LogP contribution in [0.25, 0.3) is 0 Å². The quantitative estimate of drug-likeness (QED) is 0.367. The summed E-state index contributed by atoms with van der Waals surface area (Å²) in [6.45, 7) is 2.53. The Hall–Kier alpha value is -1.76. The normalized spacial score (nSPS) is 13.7. The summed E-state index contributed by atoms with van der Waals surface area (Å²) in [5.41, 5.74) is 11.7. The van der Waals surface area contributed by atoms with Crippen LogP contribution in [0.4, 0.5) is 5.69 Å². The number of guanidine groups is 1. The highest BCUT2D eigenvalue weighted by Gasteiger charge is 2.16. The molecule has 4 nitrogen and oxygen atoms in total. The van der Waals surface area contributed by atoms with E-state index in [4.69, 9.17) is 5.73 Å². The van der Waals surface area contributed by atoms with Crippen molar-refractivity contribution in [1.82, 2.24) is 0 Å². The molecule has 5 heteroatoms. The molecule has 0 bridgehead atoms. The maximum absolute atomic E-state index is 10.2. The number of nitrogens with two attached hydrogens (primary N) is 1. The van der Waals surface area contributed by atoms with Gasteiger partial charge in [0, 0.05) is 11.3 Å². The number of hydrogen-bond donors (Lipinski definition) is 3. The summed E-state index contributed by atoms with van der Waals surface area (Å²) >= 11 is 0. The van der Waals surface area contributed by atoms with Gasteiger partial charge in [-0.15, -0.1) is 24.0 Å². The summed E-state index contributed by atoms with van der Waals surface area (Å²) in [5, 5.41) is 13.3. The number of aryl methyl sites for hydroxylation is 2. The molecule has 4 N–H and O–H groups in total. The SMILES string of the molecule is CCc1cccc(NC(N)=NCc2c(O)ccc3c2CCCC3)c1.I. The van der Waals surface area contributed by atoms with Crippen LogP contribution in [0.2, 0.25) is 0 Å². The van der Waals surface area contributed by atoms with Gasteiger partial charge in [0.25, 0.3) is 0 Å². The Labute approximate surface area is 166 Å². The van der Waals surface area contributed by atoms with Gasteiger partial charge in [-0.25, -0.2) is 4.99 Å². The molecule has 0 saturated heterocycles. The first-order valence-electron chi connectivity index (χ1n) is 8.66. The van der Waals surface area contributed by atoms with E-state index < -0.39 is 0 Å². The molecule has 0 amide bonds. The van der Waals surface area contributed by atoms with E-state index in [1.165, 1.54) is 29.5 Å². The molecule has 0 saturated carbocycles. The van der Waals surface area contributed by atoms with Crippen LogP contribution in [-0.4, -0.2) is 11.1 Å². The number of aromatic hydroxyl groups is 1. The summed E-state index contributed by atoms with van der Waals surface area (Å²) in [5.74, 6) is 0.691. The van der Waals surface area contributed by atoms with Crippen molar-refractivity contribution in [3.63, 3.8) is 0 Å². The van der Waals surface area contributed by atoms with Crippen LogP contribution in [0.15, 0.2) is 41.4 Å². The van der Waals surface area contributed by atoms with Crippen molar-refractivity contribution >= 4 is 35.6 Å². The second kappa shape index (κ2) is 9.08. The molecule has 0 aliphatic heterocycles. The lowest BCUT2D eigenvalue weighted by Gasteiger charge is -2.19. The van der Waals surface area contributed by atoms with Crippen molar-refractivity contribution in [3.05, 3.63) is 58.7 Å². The van der Waals surface area contributed by atoms with Crippen molar-refractivity contribution in [2.24, 2.45) is 10.7 Å². The third-order valence-electron chi connectivity index (χ3n) is 4.64. The molecular weight excluding hydrogens is 425 g/mol. The summed E-state index contributed by atoms with van der Waals surface area (Å²) < 4.78 is 0. The van der Waals surface area contributed by atoms with E-state index >= 15 is 0 Å². The van der Waals surface area contributed by atoms with Crippen molar-refractivity contribution in [2.45, 2.75) is 45.6 Å². The lowest BCUT2D eigenvalue weighted by Crippen LogP contribution is -2.22. The van der Waals surface area contributed by atoms with Crippen LogP contribution in [0, 0.1) is 0 Å². The Morgan fingerprint density at radius 1 is 1.20 bits per heavy atom. The fraction of sp³-hybridized carbons (Fsp3) is 0.350. The van der Waals surface area contributed by atoms with E-state index in [1.54, 1.807) is 6.07 Å². The van der Waals surface area contributed by atoms with E-state index in [-0.39, 0.29) is 24.0 Å². The van der Waals surface area contributed by atoms with Crippen LogP contribution in [0.1, 0.15) is 42.0 Å². The van der Waals surface area contributed by atoms with Crippen LogP contribution < -0.4 is 11.1 Å². The number of halogens is 1. The van der Waals surface area contributed by atoms with Crippen LogP contribution >= 0.6 is 24.0 Å². The molecule has 0 unspecified atom stereocenters. The topological polar surface area (TPSA) is 70.6 Å². The lowest BCUT2D eigenvalue weighted by molar-refractivity contribution is 0.465. The highest BCUT2D eigenvalue weighted by molar-refractivity contribution is 14.0. The largest absolute Gasteiger partial charge is 0.508 e. The number of nitrogens with zero attached hydrogens (tertiary/aromatic N) is 1. The molecule has 0 spiro atoms. The smallest absolute Gasteiger partial charge is 0.193 e. The fourth-order valence-corrected chi connectivity index (χ4v) is 3.29. The molecular formula is C20H26IN3O. The van der Waals surface area contributed by atoms with Gasteiger partial charge < -0.3 is 16.2 Å². The number of benzene rings is 2. The maximum Gasteiger partial charge on any atom is 0.193 e. The van der Waals surface area contributed by atoms with Gasteiger partial charge in [-0.2, -0.15) is 0 Å². The zero-order valence-electron chi connectivity index (χ0n) is 14.6. The van der Waals surface area contributed by atoms with Crippen molar-refractivity contribution in [3.8, 4) is 5.75 Å². The molecule has 25 heavy (non-hydrogen) atoms. The Morgan fingerprint density at radius 2 is 2.00 bits per heavy atom. The van der Waals surface area contributed by atoms with Crippen LogP contribution in [-0.2, 0) is 25.8 Å². The molecule has 0 atom stereocenters. The minimum atomic E-state index is 0. The third-order valence-corrected chi connectivity index (χ3v) is 4.64. The predicted molar refractivity (Wildman–Crippen MR) is 115 cm³/mol. The number of rotatable bonds is 4. The van der Waals surface area contributed by atoms with Crippen LogP contribution in [0.5, 0.6) is 5.75 Å². The summed E-state index contributed by atoms with van der Waals surface area (Å²) in [7, 11) is 0. The number of anilines is 1. The zero-order chi connectivity index (χ0) is 16.9. The molecule has 134 valence electrons. The third kappa shape index (κ3) is 4.87. The average Bonchev–Trinajstić information content (AvgIpc) is 2.61. The van der Waals surface area contributed by atoms with Crippen LogP contribution in [0.3, 0.4) is 0 Å². The highest BCUT2D eigenvalue weighted by atomic mass is 127. The number of phenols is 1. The van der Waals surface area contributed by atoms with Gasteiger partial charge in [-0.1, -0.05) is 25.1 Å². The summed E-state index contributed by atoms with van der Waals surface area (Å²) in [4.78, 5) is 4.44. The molecule has 1 aliphatic carbocycles. The molecule has 0 heterocycles. The molecule has 2 aromatic rings. The van der Waals surface area contributed by atoms with Gasteiger partial charge in [0.1, 0.15) is 5.75 Å². The summed E-state index contributed by atoms with van der Waals surface area (Å²) in [6, 6.07) is 12.0. The zero-order valence-corrected chi connectivity index (χ0v) is 16.9. The molecule has 2 aromatic carbocycles. The van der Waals surface area contributed by atoms with E-state index in [0.717, 1.165) is 30.5 Å².